The summed E-state index contributed by atoms with van der Waals surface area (Å²) < 4.78 is 0. The molecule has 84 valence electrons. The summed E-state index contributed by atoms with van der Waals surface area (Å²) in [6.07, 6.45) is -1.27. The zero-order valence-corrected chi connectivity index (χ0v) is 7.29. The number of hydrogen-bond donors (Lipinski definition) is 4. The third-order valence-electron chi connectivity index (χ3n) is 1.86. The van der Waals surface area contributed by atoms with E-state index in [0.717, 1.165) is 0 Å². The van der Waals surface area contributed by atoms with Crippen LogP contribution in [-0.4, -0.2) is 27.3 Å². The Morgan fingerprint density at radius 1 is 1.27 bits per heavy atom. The van der Waals surface area contributed by atoms with Gasteiger partial charge in [0.05, 0.1) is 0 Å². The average Bonchev–Trinajstić information content (AvgIpc) is 2.16. The quantitative estimate of drug-likeness (QED) is 0.584. The Morgan fingerprint density at radius 2 is 1.73 bits per heavy atom. The molecule has 0 aliphatic rings. The summed E-state index contributed by atoms with van der Waals surface area (Å²) in [6.45, 7) is 0. The average molecular weight is 213 g/mol. The van der Waals surface area contributed by atoms with Gasteiger partial charge in [-0.1, -0.05) is 19.6 Å². The molecule has 0 aromatic heterocycles. The van der Waals surface area contributed by atoms with Gasteiger partial charge in [0.15, 0.2) is 0 Å². The molecular formula is C10H15NO4. The number of carbonyl (C=O) groups is 1. The maximum atomic E-state index is 10.4. The van der Waals surface area contributed by atoms with E-state index in [0.29, 0.717) is 5.56 Å². The fourth-order valence-corrected chi connectivity index (χ4v) is 1.01. The van der Waals surface area contributed by atoms with Crippen LogP contribution in [0.1, 0.15) is 19.1 Å². The standard InChI is InChI=1S/C9H11NO4.CH4/c10-7(9(13)14)8(12)5-1-3-6(11)4-2-5;/h1-4,7-8,11-12H,10H2,(H,13,14);1H4/t7-,8?;/m0./s1. The number of nitrogens with two attached hydrogens (primary N) is 1. The van der Waals surface area contributed by atoms with E-state index in [4.69, 9.17) is 15.9 Å². The zero-order valence-electron chi connectivity index (χ0n) is 7.29. The van der Waals surface area contributed by atoms with E-state index in [9.17, 15) is 9.90 Å². The number of hydrogen-bond acceptors (Lipinski definition) is 4. The number of carboxylic acids is 1. The molecule has 1 aromatic carbocycles. The Balaban J connectivity index is 0.00000196. The molecule has 1 rings (SSSR count). The summed E-state index contributed by atoms with van der Waals surface area (Å²) in [5.41, 5.74) is 5.58. The number of phenols is 1. The van der Waals surface area contributed by atoms with Gasteiger partial charge in [0.1, 0.15) is 17.9 Å². The number of aromatic hydroxyl groups is 1. The van der Waals surface area contributed by atoms with Crippen molar-refractivity contribution in [2.75, 3.05) is 0 Å². The van der Waals surface area contributed by atoms with Crippen LogP contribution in [0.3, 0.4) is 0 Å². The third-order valence-corrected chi connectivity index (χ3v) is 1.86. The molecule has 5 heteroatoms. The monoisotopic (exact) mass is 213 g/mol. The minimum Gasteiger partial charge on any atom is -0.508 e. The highest BCUT2D eigenvalue weighted by Crippen LogP contribution is 2.18. The second-order valence-corrected chi connectivity index (χ2v) is 2.90. The lowest BCUT2D eigenvalue weighted by molar-refractivity contribution is -0.141. The summed E-state index contributed by atoms with van der Waals surface area (Å²) >= 11 is 0. The lowest BCUT2D eigenvalue weighted by Crippen LogP contribution is -2.36. The van der Waals surface area contributed by atoms with E-state index < -0.39 is 18.1 Å². The third kappa shape index (κ3) is 3.23. The first-order valence-electron chi connectivity index (χ1n) is 3.97. The van der Waals surface area contributed by atoms with E-state index in [-0.39, 0.29) is 13.2 Å². The van der Waals surface area contributed by atoms with Gasteiger partial charge in [-0.2, -0.15) is 0 Å². The van der Waals surface area contributed by atoms with E-state index in [1.165, 1.54) is 24.3 Å². The van der Waals surface area contributed by atoms with Crippen molar-refractivity contribution in [1.29, 1.82) is 0 Å². The highest BCUT2D eigenvalue weighted by Gasteiger charge is 2.23. The first-order valence-corrected chi connectivity index (χ1v) is 3.97. The van der Waals surface area contributed by atoms with Crippen molar-refractivity contribution >= 4 is 5.97 Å². The number of aliphatic hydroxyl groups is 1. The molecule has 0 saturated carbocycles. The fraction of sp³-hybridized carbons (Fsp3) is 0.300. The van der Waals surface area contributed by atoms with E-state index >= 15 is 0 Å². The lowest BCUT2D eigenvalue weighted by atomic mass is 10.0. The molecule has 0 aliphatic carbocycles. The summed E-state index contributed by atoms with van der Waals surface area (Å²) in [4.78, 5) is 10.4. The number of benzene rings is 1. The summed E-state index contributed by atoms with van der Waals surface area (Å²) in [5.74, 6) is -1.23. The summed E-state index contributed by atoms with van der Waals surface area (Å²) in [7, 11) is 0. The largest absolute Gasteiger partial charge is 0.508 e. The molecule has 2 atom stereocenters. The Kier molecular flexibility index (Phi) is 4.77. The normalized spacial score (nSPS) is 13.7. The van der Waals surface area contributed by atoms with Crippen molar-refractivity contribution in [1.82, 2.24) is 0 Å². The number of rotatable bonds is 3. The molecular weight excluding hydrogens is 198 g/mol. The second kappa shape index (κ2) is 5.33. The second-order valence-electron chi connectivity index (χ2n) is 2.90. The molecule has 0 aliphatic heterocycles. The maximum absolute atomic E-state index is 10.4. The van der Waals surface area contributed by atoms with Gasteiger partial charge in [-0.15, -0.1) is 0 Å². The van der Waals surface area contributed by atoms with Gasteiger partial charge in [0.2, 0.25) is 0 Å². The van der Waals surface area contributed by atoms with E-state index in [2.05, 4.69) is 0 Å². The van der Waals surface area contributed by atoms with Crippen molar-refractivity contribution in [2.24, 2.45) is 5.73 Å². The highest BCUT2D eigenvalue weighted by atomic mass is 16.4. The van der Waals surface area contributed by atoms with E-state index in [1.54, 1.807) is 0 Å². The van der Waals surface area contributed by atoms with Crippen LogP contribution in [0.15, 0.2) is 24.3 Å². The predicted molar refractivity (Wildman–Crippen MR) is 55.4 cm³/mol. The molecule has 0 fully saturated rings. The van der Waals surface area contributed by atoms with Gasteiger partial charge in [0.25, 0.3) is 0 Å². The smallest absolute Gasteiger partial charge is 0.323 e. The van der Waals surface area contributed by atoms with Crippen molar-refractivity contribution in [3.05, 3.63) is 29.8 Å². The fourth-order valence-electron chi connectivity index (χ4n) is 1.01. The van der Waals surface area contributed by atoms with Gasteiger partial charge in [-0.25, -0.2) is 0 Å². The predicted octanol–water partition coefficient (Wildman–Crippen LogP) is 0.474. The number of carboxylic acid groups (broad SMARTS) is 1. The van der Waals surface area contributed by atoms with Crippen molar-refractivity contribution in [2.45, 2.75) is 19.6 Å². The lowest BCUT2D eigenvalue weighted by Gasteiger charge is -2.14. The van der Waals surface area contributed by atoms with Crippen LogP contribution in [0.4, 0.5) is 0 Å². The molecule has 1 unspecified atom stereocenters. The van der Waals surface area contributed by atoms with Crippen LogP contribution in [-0.2, 0) is 4.79 Å². The SMILES string of the molecule is C.N[C@H](C(=O)O)C(O)c1ccc(O)cc1. The molecule has 5 nitrogen and oxygen atoms in total. The Labute approximate surface area is 87.8 Å². The van der Waals surface area contributed by atoms with Crippen LogP contribution in [0.25, 0.3) is 0 Å². The Bertz CT molecular complexity index is 323. The topological polar surface area (TPSA) is 104 Å². The number of aliphatic hydroxyl groups excluding tert-OH is 1. The molecule has 0 bridgehead atoms. The Morgan fingerprint density at radius 3 is 2.13 bits per heavy atom. The van der Waals surface area contributed by atoms with Crippen molar-refractivity contribution < 1.29 is 20.1 Å². The molecule has 5 N–H and O–H groups in total. The molecule has 15 heavy (non-hydrogen) atoms. The van der Waals surface area contributed by atoms with Gasteiger partial charge in [-0.3, -0.25) is 4.79 Å². The number of aliphatic carboxylic acids is 1. The zero-order chi connectivity index (χ0) is 10.7. The molecule has 0 radical (unpaired) electrons. The minimum atomic E-state index is -1.36. The maximum Gasteiger partial charge on any atom is 0.323 e. The minimum absolute atomic E-state index is 0. The van der Waals surface area contributed by atoms with Crippen molar-refractivity contribution in [3.8, 4) is 5.75 Å². The molecule has 0 spiro atoms. The van der Waals surface area contributed by atoms with Gasteiger partial charge < -0.3 is 21.1 Å². The Hall–Kier alpha value is -1.59. The van der Waals surface area contributed by atoms with Crippen LogP contribution >= 0.6 is 0 Å². The molecule has 1 aromatic rings. The van der Waals surface area contributed by atoms with Gasteiger partial charge >= 0.3 is 5.97 Å². The van der Waals surface area contributed by atoms with Crippen LogP contribution < -0.4 is 5.73 Å². The molecule has 0 heterocycles. The molecule has 0 amide bonds. The first-order chi connectivity index (χ1) is 6.52. The first kappa shape index (κ1) is 13.4. The van der Waals surface area contributed by atoms with Crippen molar-refractivity contribution in [3.63, 3.8) is 0 Å². The highest BCUT2D eigenvalue weighted by molar-refractivity contribution is 5.74. The van der Waals surface area contributed by atoms with Gasteiger partial charge in [0, 0.05) is 0 Å². The van der Waals surface area contributed by atoms with Crippen LogP contribution in [0, 0.1) is 0 Å². The molecule has 0 saturated heterocycles. The van der Waals surface area contributed by atoms with Crippen LogP contribution in [0.5, 0.6) is 5.75 Å². The summed E-state index contributed by atoms with van der Waals surface area (Å²) in [6, 6.07) is 4.19. The number of phenolic OH excluding ortho intramolecular Hbond substituents is 1. The van der Waals surface area contributed by atoms with Crippen LogP contribution in [0.2, 0.25) is 0 Å². The van der Waals surface area contributed by atoms with Gasteiger partial charge in [-0.05, 0) is 17.7 Å². The summed E-state index contributed by atoms with van der Waals surface area (Å²) in [5, 5.41) is 27.0. The van der Waals surface area contributed by atoms with E-state index in [1.807, 2.05) is 0 Å².